The van der Waals surface area contributed by atoms with Crippen LogP contribution in [0.3, 0.4) is 0 Å². The molecule has 25 heavy (non-hydrogen) atoms. The maximum Gasteiger partial charge on any atom is 0.287 e. The number of amides is 1. The summed E-state index contributed by atoms with van der Waals surface area (Å²) in [5, 5.41) is 6.66. The highest BCUT2D eigenvalue weighted by Gasteiger charge is 2.17. The minimum atomic E-state index is -0.227. The van der Waals surface area contributed by atoms with Gasteiger partial charge in [0.05, 0.1) is 12.2 Å². The average molecular weight is 349 g/mol. The van der Waals surface area contributed by atoms with E-state index in [0.29, 0.717) is 12.3 Å². The summed E-state index contributed by atoms with van der Waals surface area (Å²) in [6.45, 7) is 2.26. The van der Waals surface area contributed by atoms with Crippen molar-refractivity contribution in [1.82, 2.24) is 15.3 Å². The number of nitrogens with zero attached hydrogens (tertiary/aromatic N) is 2. The Balaban J connectivity index is 1.48. The maximum absolute atomic E-state index is 12.4. The molecule has 0 unspecified atom stereocenters. The standard InChI is InChI=1S/C19H15N3O2S/c1-12-14-4-2-3-5-16(14)24-18(12)19(23)21-10-17-22-15(11-25-17)13-6-8-20-9-7-13/h2-9,11H,10H2,1H3,(H,21,23). The number of hydrogen-bond donors (Lipinski definition) is 1. The van der Waals surface area contributed by atoms with Crippen LogP contribution >= 0.6 is 11.3 Å². The van der Waals surface area contributed by atoms with Crippen molar-refractivity contribution in [3.05, 3.63) is 70.5 Å². The van der Waals surface area contributed by atoms with Crippen molar-refractivity contribution < 1.29 is 9.21 Å². The zero-order valence-corrected chi connectivity index (χ0v) is 14.3. The molecule has 4 rings (SSSR count). The molecule has 0 radical (unpaired) electrons. The number of fused-ring (bicyclic) bond motifs is 1. The van der Waals surface area contributed by atoms with Crippen LogP contribution in [-0.2, 0) is 6.54 Å². The Labute approximate surface area is 148 Å². The minimum absolute atomic E-state index is 0.227. The molecule has 0 aliphatic heterocycles. The number of thiazole rings is 1. The number of rotatable bonds is 4. The summed E-state index contributed by atoms with van der Waals surface area (Å²) in [5.74, 6) is 0.126. The lowest BCUT2D eigenvalue weighted by Crippen LogP contribution is -2.22. The zero-order valence-electron chi connectivity index (χ0n) is 13.5. The van der Waals surface area contributed by atoms with E-state index in [-0.39, 0.29) is 5.91 Å². The Morgan fingerprint density at radius 3 is 2.80 bits per heavy atom. The molecule has 1 aromatic carbocycles. The van der Waals surface area contributed by atoms with Crippen molar-refractivity contribution in [2.45, 2.75) is 13.5 Å². The first-order valence-corrected chi connectivity index (χ1v) is 8.71. The Hall–Kier alpha value is -2.99. The molecule has 124 valence electrons. The average Bonchev–Trinajstić information content (AvgIpc) is 3.26. The molecule has 3 aromatic heterocycles. The Morgan fingerprint density at radius 1 is 1.20 bits per heavy atom. The molecule has 4 aromatic rings. The monoisotopic (exact) mass is 349 g/mol. The van der Waals surface area contributed by atoms with E-state index < -0.39 is 0 Å². The predicted octanol–water partition coefficient (Wildman–Crippen LogP) is 4.19. The first kappa shape index (κ1) is 15.5. The van der Waals surface area contributed by atoms with Crippen LogP contribution in [0.4, 0.5) is 0 Å². The summed E-state index contributed by atoms with van der Waals surface area (Å²) in [6.07, 6.45) is 3.47. The molecule has 0 atom stereocenters. The van der Waals surface area contributed by atoms with Crippen LogP contribution in [-0.4, -0.2) is 15.9 Å². The van der Waals surface area contributed by atoms with Crippen molar-refractivity contribution in [3.8, 4) is 11.3 Å². The summed E-state index contributed by atoms with van der Waals surface area (Å²) in [5.41, 5.74) is 3.47. The largest absolute Gasteiger partial charge is 0.451 e. The number of furan rings is 1. The first-order chi connectivity index (χ1) is 12.2. The summed E-state index contributed by atoms with van der Waals surface area (Å²) in [6, 6.07) is 11.5. The molecule has 0 spiro atoms. The van der Waals surface area contributed by atoms with Crippen molar-refractivity contribution in [3.63, 3.8) is 0 Å². The van der Waals surface area contributed by atoms with Crippen LogP contribution in [0, 0.1) is 6.92 Å². The van der Waals surface area contributed by atoms with Crippen LogP contribution < -0.4 is 5.32 Å². The van der Waals surface area contributed by atoms with E-state index in [9.17, 15) is 4.79 Å². The lowest BCUT2D eigenvalue weighted by molar-refractivity contribution is 0.0924. The number of aryl methyl sites for hydroxylation is 1. The number of carbonyl (C=O) groups excluding carboxylic acids is 1. The second-order valence-corrected chi connectivity index (χ2v) is 6.54. The van der Waals surface area contributed by atoms with Gasteiger partial charge in [-0.2, -0.15) is 0 Å². The summed E-state index contributed by atoms with van der Waals surface area (Å²) in [7, 11) is 0. The maximum atomic E-state index is 12.4. The Bertz CT molecular complexity index is 1040. The quantitative estimate of drug-likeness (QED) is 0.600. The van der Waals surface area contributed by atoms with Crippen molar-refractivity contribution >= 4 is 28.2 Å². The van der Waals surface area contributed by atoms with Crippen molar-refractivity contribution in [2.75, 3.05) is 0 Å². The van der Waals surface area contributed by atoms with Gasteiger partial charge >= 0.3 is 0 Å². The van der Waals surface area contributed by atoms with Gasteiger partial charge in [0, 0.05) is 34.3 Å². The van der Waals surface area contributed by atoms with E-state index in [1.54, 1.807) is 12.4 Å². The molecular formula is C19H15N3O2S. The molecule has 0 saturated carbocycles. The van der Waals surface area contributed by atoms with Gasteiger partial charge in [-0.05, 0) is 25.1 Å². The molecule has 0 saturated heterocycles. The first-order valence-electron chi connectivity index (χ1n) is 7.83. The number of hydrogen-bond acceptors (Lipinski definition) is 5. The number of aromatic nitrogens is 2. The van der Waals surface area contributed by atoms with Gasteiger partial charge in [-0.15, -0.1) is 11.3 Å². The van der Waals surface area contributed by atoms with E-state index in [1.807, 2.05) is 48.7 Å². The number of para-hydroxylation sites is 1. The predicted molar refractivity (Wildman–Crippen MR) is 97.5 cm³/mol. The highest BCUT2D eigenvalue weighted by molar-refractivity contribution is 7.09. The van der Waals surface area contributed by atoms with Gasteiger partial charge in [0.25, 0.3) is 5.91 Å². The third-order valence-corrected chi connectivity index (χ3v) is 4.83. The lowest BCUT2D eigenvalue weighted by atomic mass is 10.1. The van der Waals surface area contributed by atoms with Gasteiger partial charge in [0.2, 0.25) is 0 Å². The lowest BCUT2D eigenvalue weighted by Gasteiger charge is -2.01. The van der Waals surface area contributed by atoms with Crippen LogP contribution in [0.1, 0.15) is 21.1 Å². The second-order valence-electron chi connectivity index (χ2n) is 5.60. The van der Waals surface area contributed by atoms with Gasteiger partial charge < -0.3 is 9.73 Å². The van der Waals surface area contributed by atoms with E-state index >= 15 is 0 Å². The highest BCUT2D eigenvalue weighted by Crippen LogP contribution is 2.25. The molecule has 1 amide bonds. The molecule has 6 heteroatoms. The van der Waals surface area contributed by atoms with E-state index in [2.05, 4.69) is 15.3 Å². The summed E-state index contributed by atoms with van der Waals surface area (Å²) in [4.78, 5) is 21.0. The smallest absolute Gasteiger partial charge is 0.287 e. The number of nitrogens with one attached hydrogen (secondary N) is 1. The van der Waals surface area contributed by atoms with Crippen LogP contribution in [0.25, 0.3) is 22.2 Å². The minimum Gasteiger partial charge on any atom is -0.451 e. The molecule has 0 aliphatic carbocycles. The molecular weight excluding hydrogens is 334 g/mol. The van der Waals surface area contributed by atoms with E-state index in [0.717, 1.165) is 32.8 Å². The van der Waals surface area contributed by atoms with Gasteiger partial charge in [0.15, 0.2) is 5.76 Å². The Kier molecular flexibility index (Phi) is 4.03. The number of benzene rings is 1. The number of carbonyl (C=O) groups is 1. The molecule has 5 nitrogen and oxygen atoms in total. The molecule has 1 N–H and O–H groups in total. The van der Waals surface area contributed by atoms with Crippen LogP contribution in [0.5, 0.6) is 0 Å². The SMILES string of the molecule is Cc1c(C(=O)NCc2nc(-c3ccncc3)cs2)oc2ccccc12. The van der Waals surface area contributed by atoms with E-state index in [4.69, 9.17) is 4.42 Å². The topological polar surface area (TPSA) is 68.0 Å². The van der Waals surface area contributed by atoms with Gasteiger partial charge in [0.1, 0.15) is 10.6 Å². The second kappa shape index (κ2) is 6.49. The molecule has 0 aliphatic rings. The fourth-order valence-corrected chi connectivity index (χ4v) is 3.42. The number of pyridine rings is 1. The summed E-state index contributed by atoms with van der Waals surface area (Å²) >= 11 is 1.51. The van der Waals surface area contributed by atoms with Crippen LogP contribution in [0.15, 0.2) is 58.6 Å². The van der Waals surface area contributed by atoms with E-state index in [1.165, 1.54) is 11.3 Å². The van der Waals surface area contributed by atoms with Crippen molar-refractivity contribution in [1.29, 1.82) is 0 Å². The normalized spacial score (nSPS) is 10.9. The fourth-order valence-electron chi connectivity index (χ4n) is 2.67. The van der Waals surface area contributed by atoms with Crippen molar-refractivity contribution in [2.24, 2.45) is 0 Å². The zero-order chi connectivity index (χ0) is 17.2. The third kappa shape index (κ3) is 3.04. The fraction of sp³-hybridized carbons (Fsp3) is 0.105. The highest BCUT2D eigenvalue weighted by atomic mass is 32.1. The third-order valence-electron chi connectivity index (χ3n) is 3.98. The Morgan fingerprint density at radius 2 is 2.00 bits per heavy atom. The van der Waals surface area contributed by atoms with Gasteiger partial charge in [-0.1, -0.05) is 18.2 Å². The molecule has 0 fully saturated rings. The molecule has 0 bridgehead atoms. The van der Waals surface area contributed by atoms with Crippen LogP contribution in [0.2, 0.25) is 0 Å². The van der Waals surface area contributed by atoms with Gasteiger partial charge in [-0.3, -0.25) is 9.78 Å². The molecule has 3 heterocycles. The summed E-state index contributed by atoms with van der Waals surface area (Å²) < 4.78 is 5.69. The van der Waals surface area contributed by atoms with Gasteiger partial charge in [-0.25, -0.2) is 4.98 Å².